The van der Waals surface area contributed by atoms with Gasteiger partial charge in [-0.1, -0.05) is 6.07 Å². The summed E-state index contributed by atoms with van der Waals surface area (Å²) in [4.78, 5) is 32.3. The molecule has 0 aromatic carbocycles. The third-order valence-electron chi connectivity index (χ3n) is 2.94. The average Bonchev–Trinajstić information content (AvgIpc) is 2.84. The lowest BCUT2D eigenvalue weighted by Crippen LogP contribution is -2.21. The second-order valence-corrected chi connectivity index (χ2v) is 4.36. The van der Waals surface area contributed by atoms with Gasteiger partial charge in [0.05, 0.1) is 5.69 Å². The highest BCUT2D eigenvalue weighted by Gasteiger charge is 2.20. The van der Waals surface area contributed by atoms with Gasteiger partial charge in [-0.3, -0.25) is 19.1 Å². The van der Waals surface area contributed by atoms with E-state index in [2.05, 4.69) is 15.1 Å². The van der Waals surface area contributed by atoms with Crippen LogP contribution in [0.4, 0.5) is 0 Å². The second kappa shape index (κ2) is 4.37. The van der Waals surface area contributed by atoms with Gasteiger partial charge in [-0.05, 0) is 12.1 Å². The molecule has 3 aromatic heterocycles. The Bertz CT molecular complexity index is 864. The number of aromatic nitrogens is 5. The molecule has 0 amide bonds. The lowest BCUT2D eigenvalue weighted by Gasteiger charge is -2.00. The highest BCUT2D eigenvalue weighted by atomic mass is 16.1. The van der Waals surface area contributed by atoms with Gasteiger partial charge in [-0.2, -0.15) is 5.10 Å². The number of hydrogen-bond acceptors (Lipinski definition) is 5. The number of rotatable bonds is 2. The first kappa shape index (κ1) is 12.2. The van der Waals surface area contributed by atoms with Crippen LogP contribution in [0.1, 0.15) is 17.5 Å². The Labute approximate surface area is 113 Å². The number of aryl methyl sites for hydroxylation is 1. The van der Waals surface area contributed by atoms with Crippen LogP contribution in [0.25, 0.3) is 16.9 Å². The number of carbonyl (C=O) groups excluding carboxylic acids is 1. The van der Waals surface area contributed by atoms with Crippen molar-refractivity contribution in [3.63, 3.8) is 0 Å². The smallest absolute Gasteiger partial charge is 0.279 e. The number of ketones is 1. The van der Waals surface area contributed by atoms with Crippen molar-refractivity contribution in [1.29, 1.82) is 0 Å². The van der Waals surface area contributed by atoms with Crippen molar-refractivity contribution in [2.75, 3.05) is 0 Å². The lowest BCUT2D eigenvalue weighted by molar-refractivity contribution is 0.100. The minimum atomic E-state index is -0.277. The molecule has 3 heterocycles. The Hall–Kier alpha value is -2.83. The molecule has 0 N–H and O–H groups in total. The molecule has 20 heavy (non-hydrogen) atoms. The molecule has 0 radical (unpaired) electrons. The van der Waals surface area contributed by atoms with Crippen molar-refractivity contribution in [2.24, 2.45) is 7.05 Å². The third kappa shape index (κ3) is 1.71. The van der Waals surface area contributed by atoms with E-state index in [1.54, 1.807) is 31.4 Å². The van der Waals surface area contributed by atoms with Crippen molar-refractivity contribution in [1.82, 2.24) is 24.1 Å². The van der Waals surface area contributed by atoms with E-state index < -0.39 is 0 Å². The predicted molar refractivity (Wildman–Crippen MR) is 71.5 cm³/mol. The van der Waals surface area contributed by atoms with Crippen molar-refractivity contribution in [3.8, 4) is 11.4 Å². The van der Waals surface area contributed by atoms with E-state index in [0.717, 1.165) is 0 Å². The van der Waals surface area contributed by atoms with Crippen molar-refractivity contribution >= 4 is 11.3 Å². The molecule has 100 valence electrons. The largest absolute Gasteiger partial charge is 0.299 e. The molecule has 0 unspecified atom stereocenters. The molecule has 0 aliphatic carbocycles. The predicted octanol–water partition coefficient (Wildman–Crippen LogP) is 0.693. The maximum atomic E-state index is 12.3. The first-order valence-electron chi connectivity index (χ1n) is 5.96. The highest BCUT2D eigenvalue weighted by molar-refractivity contribution is 5.93. The van der Waals surface area contributed by atoms with Gasteiger partial charge in [-0.25, -0.2) is 9.50 Å². The van der Waals surface area contributed by atoms with Gasteiger partial charge in [-0.15, -0.1) is 0 Å². The van der Waals surface area contributed by atoms with E-state index >= 15 is 0 Å². The Kier molecular flexibility index (Phi) is 2.67. The molecule has 0 saturated carbocycles. The van der Waals surface area contributed by atoms with Gasteiger partial charge in [0.25, 0.3) is 5.56 Å². The number of fused-ring (bicyclic) bond motifs is 1. The summed E-state index contributed by atoms with van der Waals surface area (Å²) in [7, 11) is 1.60. The molecule has 0 fully saturated rings. The van der Waals surface area contributed by atoms with Gasteiger partial charge in [0, 0.05) is 20.2 Å². The quantitative estimate of drug-likeness (QED) is 0.639. The van der Waals surface area contributed by atoms with Crippen molar-refractivity contribution in [2.45, 2.75) is 6.92 Å². The first-order valence-corrected chi connectivity index (χ1v) is 5.96. The summed E-state index contributed by atoms with van der Waals surface area (Å²) in [5.41, 5.74) is 0.867. The monoisotopic (exact) mass is 269 g/mol. The molecule has 3 rings (SSSR count). The Morgan fingerprint density at radius 1 is 1.30 bits per heavy atom. The van der Waals surface area contributed by atoms with Crippen LogP contribution in [-0.2, 0) is 7.05 Å². The second-order valence-electron chi connectivity index (χ2n) is 4.36. The third-order valence-corrected chi connectivity index (χ3v) is 2.94. The van der Waals surface area contributed by atoms with Crippen LogP contribution in [0.3, 0.4) is 0 Å². The summed E-state index contributed by atoms with van der Waals surface area (Å²) in [6, 6.07) is 5.30. The minimum Gasteiger partial charge on any atom is -0.299 e. The van der Waals surface area contributed by atoms with Crippen LogP contribution in [0.5, 0.6) is 0 Å². The molecule has 0 bridgehead atoms. The minimum absolute atomic E-state index is 0.123. The number of hydrogen-bond donors (Lipinski definition) is 0. The summed E-state index contributed by atoms with van der Waals surface area (Å²) in [5.74, 6) is -0.138. The molecule has 0 aliphatic rings. The zero-order valence-corrected chi connectivity index (χ0v) is 10.9. The van der Waals surface area contributed by atoms with Gasteiger partial charge in [0.15, 0.2) is 17.1 Å². The molecular weight excluding hydrogens is 258 g/mol. The van der Waals surface area contributed by atoms with Crippen LogP contribution >= 0.6 is 0 Å². The van der Waals surface area contributed by atoms with Gasteiger partial charge < -0.3 is 0 Å². The lowest BCUT2D eigenvalue weighted by atomic mass is 10.2. The van der Waals surface area contributed by atoms with Gasteiger partial charge in [0.2, 0.25) is 0 Å². The topological polar surface area (TPSA) is 82.1 Å². The molecule has 3 aromatic rings. The molecule has 0 spiro atoms. The maximum Gasteiger partial charge on any atom is 0.279 e. The van der Waals surface area contributed by atoms with E-state index in [4.69, 9.17) is 0 Å². The van der Waals surface area contributed by atoms with E-state index in [-0.39, 0.29) is 22.7 Å². The summed E-state index contributed by atoms with van der Waals surface area (Å²) >= 11 is 0. The van der Waals surface area contributed by atoms with Crippen molar-refractivity contribution in [3.05, 3.63) is 46.9 Å². The van der Waals surface area contributed by atoms with Crippen LogP contribution in [0.2, 0.25) is 0 Å². The molecular formula is C13H11N5O2. The number of carbonyl (C=O) groups is 1. The fourth-order valence-electron chi connectivity index (χ4n) is 1.97. The Balaban J connectivity index is 2.46. The van der Waals surface area contributed by atoms with Crippen LogP contribution in [-0.4, -0.2) is 29.9 Å². The SMILES string of the molecule is CC(=O)c1nc(-c2ccccn2)c2c(=O)n(C)cnn12. The van der Waals surface area contributed by atoms with Gasteiger partial charge >= 0.3 is 0 Å². The van der Waals surface area contributed by atoms with E-state index in [0.29, 0.717) is 11.4 Å². The fraction of sp³-hybridized carbons (Fsp3) is 0.154. The van der Waals surface area contributed by atoms with E-state index in [1.807, 2.05) is 0 Å². The maximum absolute atomic E-state index is 12.3. The molecule has 0 saturated heterocycles. The van der Waals surface area contributed by atoms with Gasteiger partial charge in [0.1, 0.15) is 12.0 Å². The normalized spacial score (nSPS) is 10.9. The summed E-state index contributed by atoms with van der Waals surface area (Å²) in [5, 5.41) is 4.08. The summed E-state index contributed by atoms with van der Waals surface area (Å²) in [6.07, 6.45) is 2.96. The molecule has 0 aliphatic heterocycles. The van der Waals surface area contributed by atoms with Crippen LogP contribution < -0.4 is 5.56 Å². The fourth-order valence-corrected chi connectivity index (χ4v) is 1.97. The molecule has 0 atom stereocenters. The molecule has 7 nitrogen and oxygen atoms in total. The van der Waals surface area contributed by atoms with Crippen LogP contribution in [0.15, 0.2) is 35.5 Å². The summed E-state index contributed by atoms with van der Waals surface area (Å²) < 4.78 is 2.61. The summed E-state index contributed by atoms with van der Waals surface area (Å²) in [6.45, 7) is 1.39. The van der Waals surface area contributed by atoms with E-state index in [9.17, 15) is 9.59 Å². The highest BCUT2D eigenvalue weighted by Crippen LogP contribution is 2.19. The Morgan fingerprint density at radius 2 is 2.10 bits per heavy atom. The number of nitrogens with zero attached hydrogens (tertiary/aromatic N) is 5. The molecule has 7 heteroatoms. The average molecular weight is 269 g/mol. The van der Waals surface area contributed by atoms with E-state index in [1.165, 1.54) is 22.3 Å². The zero-order valence-electron chi connectivity index (χ0n) is 10.9. The Morgan fingerprint density at radius 3 is 2.75 bits per heavy atom. The number of Topliss-reactive ketones (excluding diaryl/α,β-unsaturated/α-hetero) is 1. The standard InChI is InChI=1S/C13H11N5O2/c1-8(19)12-16-10(9-5-3-4-6-14-9)11-13(20)17(2)7-15-18(11)12/h3-7H,1-2H3. The number of pyridine rings is 1. The number of imidazole rings is 1. The first-order chi connectivity index (χ1) is 9.59. The van der Waals surface area contributed by atoms with Crippen LogP contribution in [0, 0.1) is 0 Å². The zero-order chi connectivity index (χ0) is 14.3. The van der Waals surface area contributed by atoms with Crippen molar-refractivity contribution < 1.29 is 4.79 Å².